The number of nitrogens with zero attached hydrogens (tertiary/aromatic N) is 2. The maximum Gasteiger partial charge on any atom is 0.339 e. The molecule has 0 bridgehead atoms. The number of hydrogen-bond donors (Lipinski definition) is 2. The van der Waals surface area contributed by atoms with Gasteiger partial charge in [-0.05, 0) is 54.1 Å². The SMILES string of the molecule is CC(=O)Nc1ccc(S(=O)(=O)Oc2cccc(/C=C(\C#N)C(=O)Nc3cc([N+](=O)[O-])ccc3Cl)c2)cc1. The zero-order chi connectivity index (χ0) is 27.2. The Bertz CT molecular complexity index is 1560. The van der Waals surface area contributed by atoms with E-state index in [2.05, 4.69) is 10.6 Å². The molecule has 0 spiro atoms. The van der Waals surface area contributed by atoms with Gasteiger partial charge in [0.1, 0.15) is 22.3 Å². The van der Waals surface area contributed by atoms with Crippen molar-refractivity contribution in [2.75, 3.05) is 10.6 Å². The van der Waals surface area contributed by atoms with Crippen LogP contribution >= 0.6 is 11.6 Å². The Balaban J connectivity index is 1.80. The third-order valence-corrected chi connectivity index (χ3v) is 6.20. The lowest BCUT2D eigenvalue weighted by atomic mass is 10.1. The van der Waals surface area contributed by atoms with E-state index in [1.165, 1.54) is 67.6 Å². The Kier molecular flexibility index (Phi) is 8.23. The number of amides is 2. The summed E-state index contributed by atoms with van der Waals surface area (Å²) in [5.74, 6) is -1.28. The van der Waals surface area contributed by atoms with E-state index in [1.807, 2.05) is 0 Å². The number of non-ortho nitro benzene ring substituents is 1. The first-order valence-corrected chi connectivity index (χ1v) is 12.1. The fraction of sp³-hybridized carbons (Fsp3) is 0.0417. The van der Waals surface area contributed by atoms with E-state index in [9.17, 15) is 33.4 Å². The summed E-state index contributed by atoms with van der Waals surface area (Å²) < 4.78 is 30.4. The molecule has 2 N–H and O–H groups in total. The van der Waals surface area contributed by atoms with Crippen LogP contribution in [-0.4, -0.2) is 25.2 Å². The van der Waals surface area contributed by atoms with Gasteiger partial charge in [0, 0.05) is 24.7 Å². The van der Waals surface area contributed by atoms with Crippen LogP contribution in [-0.2, 0) is 19.7 Å². The molecular weight excluding hydrogens is 524 g/mol. The minimum atomic E-state index is -4.23. The molecule has 0 unspecified atom stereocenters. The van der Waals surface area contributed by atoms with E-state index in [4.69, 9.17) is 15.8 Å². The molecule has 3 rings (SSSR count). The van der Waals surface area contributed by atoms with Crippen molar-refractivity contribution in [2.24, 2.45) is 0 Å². The van der Waals surface area contributed by atoms with Crippen molar-refractivity contribution in [1.29, 1.82) is 5.26 Å². The molecule has 3 aromatic carbocycles. The van der Waals surface area contributed by atoms with Crippen LogP contribution in [0.5, 0.6) is 5.75 Å². The number of halogens is 1. The number of nitriles is 1. The minimum absolute atomic E-state index is 0.0296. The average molecular weight is 541 g/mol. The molecule has 11 nitrogen and oxygen atoms in total. The second-order valence-electron chi connectivity index (χ2n) is 7.36. The number of rotatable bonds is 8. The fourth-order valence-electron chi connectivity index (χ4n) is 2.97. The highest BCUT2D eigenvalue weighted by atomic mass is 35.5. The van der Waals surface area contributed by atoms with E-state index in [1.54, 1.807) is 6.07 Å². The topological polar surface area (TPSA) is 168 Å². The highest BCUT2D eigenvalue weighted by Crippen LogP contribution is 2.27. The van der Waals surface area contributed by atoms with Gasteiger partial charge in [-0.2, -0.15) is 13.7 Å². The summed E-state index contributed by atoms with van der Waals surface area (Å²) in [6.07, 6.45) is 1.18. The Morgan fingerprint density at radius 3 is 2.41 bits per heavy atom. The number of carbonyl (C=O) groups is 2. The molecule has 37 heavy (non-hydrogen) atoms. The van der Waals surface area contributed by atoms with Gasteiger partial charge in [-0.15, -0.1) is 0 Å². The Hall–Kier alpha value is -4.73. The summed E-state index contributed by atoms with van der Waals surface area (Å²) in [7, 11) is -4.23. The summed E-state index contributed by atoms with van der Waals surface area (Å²) in [6.45, 7) is 1.32. The second kappa shape index (κ2) is 11.3. The van der Waals surface area contributed by atoms with Crippen LogP contribution in [0, 0.1) is 21.4 Å². The summed E-state index contributed by atoms with van der Waals surface area (Å²) >= 11 is 5.99. The Labute approximate surface area is 216 Å². The van der Waals surface area contributed by atoms with Crippen molar-refractivity contribution >= 4 is 56.7 Å². The molecule has 0 atom stereocenters. The lowest BCUT2D eigenvalue weighted by Crippen LogP contribution is -2.14. The summed E-state index contributed by atoms with van der Waals surface area (Å²) in [5, 5.41) is 25.3. The molecule has 0 aliphatic rings. The van der Waals surface area contributed by atoms with Gasteiger partial charge in [0.15, 0.2) is 0 Å². The lowest BCUT2D eigenvalue weighted by Gasteiger charge is -2.09. The first-order valence-electron chi connectivity index (χ1n) is 10.3. The zero-order valence-electron chi connectivity index (χ0n) is 19.0. The molecule has 3 aromatic rings. The maximum atomic E-state index is 12.6. The number of nitrogens with one attached hydrogen (secondary N) is 2. The highest BCUT2D eigenvalue weighted by molar-refractivity contribution is 7.87. The van der Waals surface area contributed by atoms with Crippen LogP contribution < -0.4 is 14.8 Å². The predicted molar refractivity (Wildman–Crippen MR) is 135 cm³/mol. The van der Waals surface area contributed by atoms with Gasteiger partial charge in [-0.1, -0.05) is 23.7 Å². The molecule has 0 aliphatic carbocycles. The molecule has 0 aromatic heterocycles. The quantitative estimate of drug-likeness (QED) is 0.138. The van der Waals surface area contributed by atoms with Crippen LogP contribution in [0.1, 0.15) is 12.5 Å². The molecule has 0 aliphatic heterocycles. The average Bonchev–Trinajstić information content (AvgIpc) is 2.83. The van der Waals surface area contributed by atoms with Gasteiger partial charge in [0.25, 0.3) is 11.6 Å². The van der Waals surface area contributed by atoms with Crippen LogP contribution in [0.3, 0.4) is 0 Å². The van der Waals surface area contributed by atoms with Crippen molar-refractivity contribution < 1.29 is 27.1 Å². The van der Waals surface area contributed by atoms with Crippen molar-refractivity contribution in [3.63, 3.8) is 0 Å². The van der Waals surface area contributed by atoms with Crippen molar-refractivity contribution in [2.45, 2.75) is 11.8 Å². The van der Waals surface area contributed by atoms with Crippen molar-refractivity contribution in [1.82, 2.24) is 0 Å². The third-order valence-electron chi connectivity index (χ3n) is 4.61. The Morgan fingerprint density at radius 1 is 1.08 bits per heavy atom. The number of nitro groups is 1. The molecule has 188 valence electrons. The highest BCUT2D eigenvalue weighted by Gasteiger charge is 2.18. The summed E-state index contributed by atoms with van der Waals surface area (Å²) in [4.78, 5) is 33.9. The first-order chi connectivity index (χ1) is 17.5. The van der Waals surface area contributed by atoms with Crippen LogP contribution in [0.15, 0.2) is 77.2 Å². The maximum absolute atomic E-state index is 12.6. The van der Waals surface area contributed by atoms with Gasteiger partial charge in [0.05, 0.1) is 15.6 Å². The van der Waals surface area contributed by atoms with Crippen molar-refractivity contribution in [3.8, 4) is 11.8 Å². The largest absolute Gasteiger partial charge is 0.379 e. The number of carbonyl (C=O) groups excluding carboxylic acids is 2. The lowest BCUT2D eigenvalue weighted by molar-refractivity contribution is -0.384. The van der Waals surface area contributed by atoms with Crippen molar-refractivity contribution in [3.05, 3.63) is 93.0 Å². The number of nitro benzene ring substituents is 1. The van der Waals surface area contributed by atoms with Gasteiger partial charge >= 0.3 is 10.1 Å². The molecule has 0 fully saturated rings. The van der Waals surface area contributed by atoms with Crippen LogP contribution in [0.25, 0.3) is 6.08 Å². The molecule has 0 saturated carbocycles. The zero-order valence-corrected chi connectivity index (χ0v) is 20.5. The standard InChI is InChI=1S/C24H17ClN4O7S/c1-15(30)27-18-5-8-21(9-6-18)37(34,35)36-20-4-2-3-16(12-20)11-17(14-26)24(31)28-23-13-19(29(32)33)7-10-22(23)25/h2-13H,1H3,(H,27,30)(H,28,31)/b17-11+. The fourth-order valence-corrected chi connectivity index (χ4v) is 4.05. The normalized spacial score (nSPS) is 11.2. The van der Waals surface area contributed by atoms with Crippen LogP contribution in [0.2, 0.25) is 5.02 Å². The van der Waals surface area contributed by atoms with Gasteiger partial charge in [-0.3, -0.25) is 19.7 Å². The van der Waals surface area contributed by atoms with E-state index in [-0.39, 0.29) is 44.1 Å². The van der Waals surface area contributed by atoms with Gasteiger partial charge in [-0.25, -0.2) is 0 Å². The molecule has 0 saturated heterocycles. The first kappa shape index (κ1) is 26.9. The second-order valence-corrected chi connectivity index (χ2v) is 9.31. The Morgan fingerprint density at radius 2 is 1.78 bits per heavy atom. The third kappa shape index (κ3) is 7.14. The molecule has 0 heterocycles. The number of anilines is 2. The van der Waals surface area contributed by atoms with Gasteiger partial charge < -0.3 is 14.8 Å². The molecule has 2 amide bonds. The van der Waals surface area contributed by atoms with E-state index >= 15 is 0 Å². The van der Waals surface area contributed by atoms with E-state index in [0.29, 0.717) is 5.69 Å². The molecule has 13 heteroatoms. The monoisotopic (exact) mass is 540 g/mol. The minimum Gasteiger partial charge on any atom is -0.379 e. The number of benzene rings is 3. The van der Waals surface area contributed by atoms with E-state index < -0.39 is 20.9 Å². The molecule has 0 radical (unpaired) electrons. The van der Waals surface area contributed by atoms with Crippen LogP contribution in [0.4, 0.5) is 17.1 Å². The van der Waals surface area contributed by atoms with Gasteiger partial charge in [0.2, 0.25) is 5.91 Å². The summed E-state index contributed by atoms with van der Waals surface area (Å²) in [5.41, 5.74) is -0.0679. The summed E-state index contributed by atoms with van der Waals surface area (Å²) in [6, 6.07) is 16.2. The number of hydrogen-bond acceptors (Lipinski definition) is 8. The van der Waals surface area contributed by atoms with E-state index in [0.717, 1.165) is 12.1 Å². The smallest absolute Gasteiger partial charge is 0.339 e. The molecular formula is C24H17ClN4O7S. The predicted octanol–water partition coefficient (Wildman–Crippen LogP) is 4.52.